The van der Waals surface area contributed by atoms with E-state index in [1.807, 2.05) is 0 Å². The fourth-order valence-electron chi connectivity index (χ4n) is 3.72. The van der Waals surface area contributed by atoms with Crippen molar-refractivity contribution in [2.75, 3.05) is 0 Å². The number of rotatable bonds is 3. The van der Waals surface area contributed by atoms with Crippen LogP contribution in [-0.2, 0) is 0 Å². The quantitative estimate of drug-likeness (QED) is 0.372. The molecule has 0 atom stereocenters. The fourth-order valence-corrected chi connectivity index (χ4v) is 5.67. The largest absolute Gasteiger partial charge is 0.380 e. The lowest BCUT2D eigenvalue weighted by atomic mass is 9.95. The van der Waals surface area contributed by atoms with E-state index in [-0.39, 0.29) is 20.9 Å². The Morgan fingerprint density at radius 3 is 1.83 bits per heavy atom. The van der Waals surface area contributed by atoms with Gasteiger partial charge >= 0.3 is 17.8 Å². The number of halogens is 6. The minimum absolute atomic E-state index is 0.257. The van der Waals surface area contributed by atoms with Crippen LogP contribution >= 0.6 is 22.7 Å². The van der Waals surface area contributed by atoms with Gasteiger partial charge in [0.05, 0.1) is 4.88 Å². The number of aryl methyl sites for hydroxylation is 3. The first-order valence-corrected chi connectivity index (χ1v) is 10.6. The van der Waals surface area contributed by atoms with Gasteiger partial charge in [0.2, 0.25) is 5.69 Å². The second-order valence-electron chi connectivity index (χ2n) is 7.16. The van der Waals surface area contributed by atoms with E-state index in [9.17, 15) is 26.3 Å². The van der Waals surface area contributed by atoms with Crippen LogP contribution in [0.1, 0.15) is 25.8 Å². The summed E-state index contributed by atoms with van der Waals surface area (Å²) in [4.78, 5) is 4.55. The summed E-state index contributed by atoms with van der Waals surface area (Å²) in [7, 11) is 0. The van der Waals surface area contributed by atoms with E-state index < -0.39 is 28.9 Å². The van der Waals surface area contributed by atoms with Crippen LogP contribution < -0.4 is 4.98 Å². The Morgan fingerprint density at radius 2 is 1.33 bits per heavy atom. The maximum atomic E-state index is 14.9. The molecular weight excluding hydrogens is 444 g/mol. The van der Waals surface area contributed by atoms with Gasteiger partial charge in [-0.1, -0.05) is 0 Å². The van der Waals surface area contributed by atoms with Crippen molar-refractivity contribution < 1.29 is 31.3 Å². The van der Waals surface area contributed by atoms with E-state index in [4.69, 9.17) is 0 Å². The maximum absolute atomic E-state index is 14.9. The monoisotopic (exact) mass is 460 g/mol. The van der Waals surface area contributed by atoms with Gasteiger partial charge in [0.1, 0.15) is 0 Å². The molecule has 0 unspecified atom stereocenters. The minimum Gasteiger partial charge on any atom is -0.210 e. The average molecular weight is 460 g/mol. The third-order valence-corrected chi connectivity index (χ3v) is 7.19. The van der Waals surface area contributed by atoms with Crippen molar-refractivity contribution in [3.05, 3.63) is 62.3 Å². The molecule has 0 saturated carbocycles. The van der Waals surface area contributed by atoms with Gasteiger partial charge in [0.25, 0.3) is 0 Å². The number of aromatic nitrogens is 1. The number of hydrogen-bond acceptors (Lipinski definition) is 2. The first kappa shape index (κ1) is 21.1. The number of pyridine rings is 1. The molecule has 1 aliphatic rings. The SMILES string of the molecule is Cc1cc(C2=C(c3cc(-c4cccc[nH+]4)sc3C)C(F)(F)C(F)(F)C2(F)F)c(C)s1. The second-order valence-corrected chi connectivity index (χ2v) is 9.87. The van der Waals surface area contributed by atoms with Crippen molar-refractivity contribution in [2.24, 2.45) is 0 Å². The van der Waals surface area contributed by atoms with Crippen molar-refractivity contribution in [3.8, 4) is 10.6 Å². The molecule has 0 radical (unpaired) electrons. The summed E-state index contributed by atoms with van der Waals surface area (Å²) < 4.78 is 88.5. The van der Waals surface area contributed by atoms with Crippen molar-refractivity contribution in [1.82, 2.24) is 0 Å². The van der Waals surface area contributed by atoms with Crippen LogP contribution in [0.15, 0.2) is 36.5 Å². The highest BCUT2D eigenvalue weighted by Gasteiger charge is 2.80. The van der Waals surface area contributed by atoms with Crippen molar-refractivity contribution >= 4 is 33.8 Å². The second kappa shape index (κ2) is 6.68. The van der Waals surface area contributed by atoms with Gasteiger partial charge in [-0.2, -0.15) is 26.3 Å². The minimum atomic E-state index is -5.54. The highest BCUT2D eigenvalue weighted by molar-refractivity contribution is 7.15. The molecular formula is C21H16F6NS2+. The first-order valence-electron chi connectivity index (χ1n) is 8.93. The summed E-state index contributed by atoms with van der Waals surface area (Å²) in [6.45, 7) is 4.55. The third kappa shape index (κ3) is 2.78. The molecule has 1 aliphatic carbocycles. The van der Waals surface area contributed by atoms with E-state index >= 15 is 0 Å². The lowest BCUT2D eigenvalue weighted by Gasteiger charge is -2.25. The number of thiophene rings is 2. The molecule has 1 N–H and O–H groups in total. The average Bonchev–Trinajstić information content (AvgIpc) is 3.23. The molecule has 30 heavy (non-hydrogen) atoms. The number of allylic oxidation sites excluding steroid dienone is 2. The maximum Gasteiger partial charge on any atom is 0.380 e. The van der Waals surface area contributed by atoms with E-state index in [0.29, 0.717) is 15.4 Å². The Labute approximate surface area is 176 Å². The Kier molecular flexibility index (Phi) is 4.70. The number of hydrogen-bond donors (Lipinski definition) is 0. The number of H-pyrrole nitrogens is 1. The summed E-state index contributed by atoms with van der Waals surface area (Å²) >= 11 is 2.18. The summed E-state index contributed by atoms with van der Waals surface area (Å²) in [5.41, 5.74) is -2.56. The Morgan fingerprint density at radius 1 is 0.767 bits per heavy atom. The predicted octanol–water partition coefficient (Wildman–Crippen LogP) is 7.05. The van der Waals surface area contributed by atoms with Gasteiger partial charge in [-0.3, -0.25) is 0 Å². The van der Waals surface area contributed by atoms with E-state index in [2.05, 4.69) is 4.98 Å². The molecule has 0 fully saturated rings. The normalized spacial score (nSPS) is 19.5. The van der Waals surface area contributed by atoms with Crippen LogP contribution in [0.2, 0.25) is 0 Å². The molecule has 0 bridgehead atoms. The highest BCUT2D eigenvalue weighted by Crippen LogP contribution is 2.65. The molecule has 0 aromatic carbocycles. The number of alkyl halides is 6. The molecule has 3 aromatic heterocycles. The number of aromatic amines is 1. The van der Waals surface area contributed by atoms with Crippen LogP contribution in [-0.4, -0.2) is 17.8 Å². The molecule has 3 heterocycles. The first-order chi connectivity index (χ1) is 13.9. The topological polar surface area (TPSA) is 14.1 Å². The zero-order valence-corrected chi connectivity index (χ0v) is 17.7. The molecule has 1 nitrogen and oxygen atoms in total. The summed E-state index contributed by atoms with van der Waals surface area (Å²) in [6, 6.07) is 7.68. The van der Waals surface area contributed by atoms with Gasteiger partial charge < -0.3 is 0 Å². The zero-order valence-electron chi connectivity index (χ0n) is 16.0. The molecule has 0 spiro atoms. The Balaban J connectivity index is 2.05. The highest BCUT2D eigenvalue weighted by atomic mass is 32.1. The Bertz CT molecular complexity index is 1160. The van der Waals surface area contributed by atoms with Crippen LogP contribution in [0.3, 0.4) is 0 Å². The van der Waals surface area contributed by atoms with Gasteiger partial charge in [0.15, 0.2) is 6.20 Å². The predicted molar refractivity (Wildman–Crippen MR) is 106 cm³/mol. The van der Waals surface area contributed by atoms with Crippen molar-refractivity contribution in [1.29, 1.82) is 0 Å². The van der Waals surface area contributed by atoms with E-state index in [1.54, 1.807) is 31.3 Å². The summed E-state index contributed by atoms with van der Waals surface area (Å²) in [6.07, 6.45) is 1.62. The summed E-state index contributed by atoms with van der Waals surface area (Å²) in [5, 5.41) is 0. The van der Waals surface area contributed by atoms with Crippen LogP contribution in [0.4, 0.5) is 26.3 Å². The van der Waals surface area contributed by atoms with Crippen molar-refractivity contribution in [3.63, 3.8) is 0 Å². The smallest absolute Gasteiger partial charge is 0.210 e. The lowest BCUT2D eigenvalue weighted by Crippen LogP contribution is -2.48. The molecule has 9 heteroatoms. The fraction of sp³-hybridized carbons (Fsp3) is 0.286. The van der Waals surface area contributed by atoms with Gasteiger partial charge in [-0.15, -0.1) is 22.7 Å². The molecule has 0 amide bonds. The van der Waals surface area contributed by atoms with Crippen LogP contribution in [0, 0.1) is 20.8 Å². The van der Waals surface area contributed by atoms with E-state index in [0.717, 1.165) is 22.7 Å². The number of nitrogens with one attached hydrogen (secondary N) is 1. The van der Waals surface area contributed by atoms with Crippen LogP contribution in [0.25, 0.3) is 21.7 Å². The lowest BCUT2D eigenvalue weighted by molar-refractivity contribution is -0.364. The molecule has 158 valence electrons. The standard InChI is InChI=1S/C21H15F6NS2/c1-10-8-13(11(2)29-10)17-18(20(24,25)21(26,27)19(17,22)23)14-9-16(30-12(14)3)15-6-4-5-7-28-15/h4-9H,1-3H3/p+1. The van der Waals surface area contributed by atoms with E-state index in [1.165, 1.54) is 26.0 Å². The molecule has 0 aliphatic heterocycles. The third-order valence-electron chi connectivity index (χ3n) is 5.14. The van der Waals surface area contributed by atoms with Gasteiger partial charge in [-0.25, -0.2) is 4.98 Å². The van der Waals surface area contributed by atoms with Gasteiger partial charge in [-0.05, 0) is 50.1 Å². The summed E-state index contributed by atoms with van der Waals surface area (Å²) in [5.74, 6) is -15.6. The molecule has 4 rings (SSSR count). The van der Waals surface area contributed by atoms with Crippen molar-refractivity contribution in [2.45, 2.75) is 38.5 Å². The Hall–Kier alpha value is -2.13. The molecule has 3 aromatic rings. The van der Waals surface area contributed by atoms with Crippen LogP contribution in [0.5, 0.6) is 0 Å². The zero-order chi connectivity index (χ0) is 22.1. The molecule has 0 saturated heterocycles. The van der Waals surface area contributed by atoms with Gasteiger partial charge in [0, 0.05) is 37.9 Å².